The molecule has 0 radical (unpaired) electrons. The quantitative estimate of drug-likeness (QED) is 0.729. The molecule has 3 heterocycles. The molecule has 0 spiro atoms. The van der Waals surface area contributed by atoms with E-state index in [2.05, 4.69) is 6.07 Å². The molecule has 3 atom stereocenters. The number of carbonyl (C=O) groups excluding carboxylic acids is 2. The van der Waals surface area contributed by atoms with E-state index in [1.165, 1.54) is 26.5 Å². The monoisotopic (exact) mass is 391 g/mol. The van der Waals surface area contributed by atoms with Gasteiger partial charge in [0.05, 0.1) is 24.6 Å². The molecule has 0 aromatic heterocycles. The number of nitriles is 1. The van der Waals surface area contributed by atoms with Gasteiger partial charge in [-0.25, -0.2) is 0 Å². The van der Waals surface area contributed by atoms with Gasteiger partial charge in [0.25, 0.3) is 5.91 Å². The second kappa shape index (κ2) is 6.28. The molecule has 1 aromatic rings. The zero-order chi connectivity index (χ0) is 18.5. The first-order chi connectivity index (χ1) is 12.5. The minimum absolute atomic E-state index is 0.0225. The van der Waals surface area contributed by atoms with Crippen LogP contribution in [0.4, 0.5) is 0 Å². The summed E-state index contributed by atoms with van der Waals surface area (Å²) in [4.78, 5) is 28.0. The number of fused-ring (bicyclic) bond motifs is 2. The van der Waals surface area contributed by atoms with Crippen LogP contribution in [0.1, 0.15) is 18.0 Å². The summed E-state index contributed by atoms with van der Waals surface area (Å²) < 4.78 is 10.8. The van der Waals surface area contributed by atoms with Crippen LogP contribution in [0.2, 0.25) is 0 Å². The number of carbonyl (C=O) groups is 2. The first-order valence-corrected chi connectivity index (χ1v) is 10.7. The number of nitrogens with zero attached hydrogens (tertiary/aromatic N) is 3. The van der Waals surface area contributed by atoms with Gasteiger partial charge in [0.15, 0.2) is 16.4 Å². The second-order valence-corrected chi connectivity index (χ2v) is 9.13. The fourth-order valence-electron chi connectivity index (χ4n) is 3.95. The number of likely N-dealkylation sites (N-methyl/N-ethyl adjacent to an activating group) is 1. The van der Waals surface area contributed by atoms with Crippen molar-refractivity contribution >= 4 is 33.4 Å². The number of hydrogen-bond acceptors (Lipinski definition) is 7. The summed E-state index contributed by atoms with van der Waals surface area (Å²) in [6, 6.07) is 7.28. The van der Waals surface area contributed by atoms with Crippen LogP contribution in [0, 0.1) is 17.2 Å². The first-order valence-electron chi connectivity index (χ1n) is 8.10. The van der Waals surface area contributed by atoms with Crippen molar-refractivity contribution in [2.45, 2.75) is 17.3 Å². The van der Waals surface area contributed by atoms with Crippen molar-refractivity contribution in [1.29, 1.82) is 5.26 Å². The summed E-state index contributed by atoms with van der Waals surface area (Å²) in [5.41, 5.74) is 0.787. The molecule has 3 aliphatic heterocycles. The van der Waals surface area contributed by atoms with Gasteiger partial charge < -0.3 is 19.3 Å². The predicted octanol–water partition coefficient (Wildman–Crippen LogP) is 2.01. The molecule has 0 aliphatic carbocycles. The van der Waals surface area contributed by atoms with Gasteiger partial charge in [-0.3, -0.25) is 9.59 Å². The van der Waals surface area contributed by atoms with E-state index in [9.17, 15) is 14.9 Å². The Morgan fingerprint density at radius 2 is 2.08 bits per heavy atom. The van der Waals surface area contributed by atoms with Crippen LogP contribution in [-0.2, 0) is 9.59 Å². The maximum Gasteiger partial charge on any atom is 0.260 e. The van der Waals surface area contributed by atoms with Crippen LogP contribution in [0.5, 0.6) is 11.5 Å². The van der Waals surface area contributed by atoms with Gasteiger partial charge in [-0.15, -0.1) is 0 Å². The summed E-state index contributed by atoms with van der Waals surface area (Å²) in [5, 5.41) is 9.77. The van der Waals surface area contributed by atoms with Crippen molar-refractivity contribution in [2.24, 2.45) is 5.92 Å². The summed E-state index contributed by atoms with van der Waals surface area (Å²) in [6.45, 7) is 0.179. The molecule has 4 rings (SSSR count). The fourth-order valence-corrected chi connectivity index (χ4v) is 6.48. The number of ether oxygens (including phenoxy) is 2. The zero-order valence-electron chi connectivity index (χ0n) is 14.3. The highest BCUT2D eigenvalue weighted by Gasteiger charge is 2.62. The van der Waals surface area contributed by atoms with Crippen LogP contribution in [0.25, 0.3) is 0 Å². The van der Waals surface area contributed by atoms with Crippen LogP contribution in [0.15, 0.2) is 18.2 Å². The molecular formula is C17H17N3O4S2. The Bertz CT molecular complexity index is 827. The van der Waals surface area contributed by atoms with E-state index in [1.54, 1.807) is 18.0 Å². The van der Waals surface area contributed by atoms with Gasteiger partial charge in [-0.05, 0) is 24.0 Å². The van der Waals surface area contributed by atoms with Gasteiger partial charge in [0.1, 0.15) is 0 Å². The Morgan fingerprint density at radius 3 is 2.81 bits per heavy atom. The molecule has 2 unspecified atom stereocenters. The summed E-state index contributed by atoms with van der Waals surface area (Å²) >= 11 is 0. The average molecular weight is 391 g/mol. The van der Waals surface area contributed by atoms with Gasteiger partial charge in [0, 0.05) is 13.5 Å². The van der Waals surface area contributed by atoms with Crippen molar-refractivity contribution in [3.8, 4) is 17.6 Å². The Kier molecular flexibility index (Phi) is 4.20. The van der Waals surface area contributed by atoms with E-state index in [-0.39, 0.29) is 25.2 Å². The van der Waals surface area contributed by atoms with E-state index >= 15 is 0 Å². The van der Waals surface area contributed by atoms with Crippen LogP contribution in [-0.4, -0.2) is 53.1 Å². The molecule has 26 heavy (non-hydrogen) atoms. The number of amides is 2. The Morgan fingerprint density at radius 1 is 1.31 bits per heavy atom. The molecule has 136 valence electrons. The molecule has 1 aromatic carbocycles. The molecule has 9 heteroatoms. The lowest BCUT2D eigenvalue weighted by atomic mass is 9.94. The summed E-state index contributed by atoms with van der Waals surface area (Å²) in [6.07, 6.45) is 2.18. The number of rotatable bonds is 3. The van der Waals surface area contributed by atoms with E-state index < -0.39 is 16.8 Å². The maximum absolute atomic E-state index is 13.0. The highest BCUT2D eigenvalue weighted by atomic mass is 33.1. The number of piperazine rings is 1. The largest absolute Gasteiger partial charge is 0.454 e. The predicted molar refractivity (Wildman–Crippen MR) is 97.3 cm³/mol. The molecule has 0 saturated carbocycles. The van der Waals surface area contributed by atoms with Gasteiger partial charge in [0.2, 0.25) is 12.7 Å². The van der Waals surface area contributed by atoms with Gasteiger partial charge >= 0.3 is 0 Å². The molecule has 2 saturated heterocycles. The van der Waals surface area contributed by atoms with E-state index in [1.807, 2.05) is 18.4 Å². The molecule has 7 nitrogen and oxygen atoms in total. The van der Waals surface area contributed by atoms with Crippen molar-refractivity contribution in [3.63, 3.8) is 0 Å². The Balaban J connectivity index is 1.82. The molecule has 0 N–H and O–H groups in total. The lowest BCUT2D eigenvalue weighted by molar-refractivity contribution is -0.156. The fraction of sp³-hybridized carbons (Fsp3) is 0.471. The van der Waals surface area contributed by atoms with Crippen molar-refractivity contribution < 1.29 is 19.1 Å². The Hall–Kier alpha value is -2.05. The normalized spacial score (nSPS) is 29.7. The maximum atomic E-state index is 13.0. The SMILES string of the molecule is CSS[C@]12CC(C#N)C(c3ccc4c(c3)OCO4)N1C(=O)CN(C)C2=O. The summed E-state index contributed by atoms with van der Waals surface area (Å²) in [7, 11) is 4.42. The van der Waals surface area contributed by atoms with Gasteiger partial charge in [-0.1, -0.05) is 27.7 Å². The van der Waals surface area contributed by atoms with E-state index in [0.29, 0.717) is 17.9 Å². The highest BCUT2D eigenvalue weighted by Crippen LogP contribution is 2.56. The van der Waals surface area contributed by atoms with Crippen LogP contribution in [0.3, 0.4) is 0 Å². The lowest BCUT2D eigenvalue weighted by Crippen LogP contribution is -2.63. The van der Waals surface area contributed by atoms with E-state index in [0.717, 1.165) is 5.56 Å². The van der Waals surface area contributed by atoms with Gasteiger partial charge in [-0.2, -0.15) is 5.26 Å². The summed E-state index contributed by atoms with van der Waals surface area (Å²) in [5.74, 6) is 0.497. The molecule has 2 amide bonds. The second-order valence-electron chi connectivity index (χ2n) is 6.46. The number of hydrogen-bond donors (Lipinski definition) is 0. The molecule has 2 fully saturated rings. The minimum Gasteiger partial charge on any atom is -0.454 e. The van der Waals surface area contributed by atoms with Crippen molar-refractivity contribution in [1.82, 2.24) is 9.80 Å². The molecular weight excluding hydrogens is 374 g/mol. The Labute approximate surface area is 159 Å². The number of benzene rings is 1. The van der Waals surface area contributed by atoms with Crippen LogP contribution >= 0.6 is 21.6 Å². The third-order valence-electron chi connectivity index (χ3n) is 4.99. The molecule has 3 aliphatic rings. The zero-order valence-corrected chi connectivity index (χ0v) is 15.9. The third kappa shape index (κ3) is 2.36. The average Bonchev–Trinajstić information content (AvgIpc) is 3.22. The standard InChI is InChI=1S/C17H17N3O4S2/c1-19-8-14(21)20-15(10-3-4-12-13(5-10)24-9-23-12)11(7-18)6-17(20,16(19)22)26-25-2/h3-5,11,15H,6,8-9H2,1-2H3/t11?,15?,17-/m0/s1. The van der Waals surface area contributed by atoms with E-state index in [4.69, 9.17) is 9.47 Å². The third-order valence-corrected chi connectivity index (χ3v) is 7.30. The topological polar surface area (TPSA) is 82.9 Å². The minimum atomic E-state index is -1.05. The lowest BCUT2D eigenvalue weighted by Gasteiger charge is -2.45. The first kappa shape index (κ1) is 17.4. The molecule has 0 bridgehead atoms. The van der Waals surface area contributed by atoms with Crippen molar-refractivity contribution in [2.75, 3.05) is 26.6 Å². The van der Waals surface area contributed by atoms with Crippen LogP contribution < -0.4 is 9.47 Å². The highest BCUT2D eigenvalue weighted by molar-refractivity contribution is 8.77. The van der Waals surface area contributed by atoms with Crippen molar-refractivity contribution in [3.05, 3.63) is 23.8 Å². The smallest absolute Gasteiger partial charge is 0.260 e.